The highest BCUT2D eigenvalue weighted by atomic mass is 16.1. The molecule has 3 rings (SSSR count). The molecular formula is C17H24N6O. The highest BCUT2D eigenvalue weighted by molar-refractivity contribution is 5.79. The smallest absolute Gasteiger partial charge is 0.224 e. The van der Waals surface area contributed by atoms with E-state index in [1.165, 1.54) is 0 Å². The fourth-order valence-corrected chi connectivity index (χ4v) is 3.18. The minimum absolute atomic E-state index is 0.0119. The van der Waals surface area contributed by atoms with Crippen LogP contribution in [0, 0.1) is 19.8 Å². The van der Waals surface area contributed by atoms with Crippen LogP contribution in [-0.4, -0.2) is 45.3 Å². The zero-order valence-electron chi connectivity index (χ0n) is 14.5. The summed E-state index contributed by atoms with van der Waals surface area (Å²) >= 11 is 0. The van der Waals surface area contributed by atoms with Gasteiger partial charge in [0.15, 0.2) is 5.82 Å². The Morgan fingerprint density at radius 2 is 2.12 bits per heavy atom. The molecule has 1 amide bonds. The van der Waals surface area contributed by atoms with Crippen molar-refractivity contribution in [1.82, 2.24) is 25.1 Å². The van der Waals surface area contributed by atoms with E-state index in [0.717, 1.165) is 36.6 Å². The number of piperidine rings is 1. The van der Waals surface area contributed by atoms with Crippen LogP contribution in [0.5, 0.6) is 0 Å². The van der Waals surface area contributed by atoms with E-state index in [1.807, 2.05) is 26.8 Å². The first kappa shape index (κ1) is 16.4. The monoisotopic (exact) mass is 328 g/mol. The molecule has 0 bridgehead atoms. The normalized spacial score (nSPS) is 17.8. The van der Waals surface area contributed by atoms with Gasteiger partial charge in [0, 0.05) is 25.3 Å². The molecule has 2 aromatic heterocycles. The number of nitrogens with zero attached hydrogens (tertiary/aromatic N) is 5. The Balaban J connectivity index is 1.81. The first-order chi connectivity index (χ1) is 11.6. The Kier molecular flexibility index (Phi) is 4.78. The highest BCUT2D eigenvalue weighted by Gasteiger charge is 2.26. The summed E-state index contributed by atoms with van der Waals surface area (Å²) in [4.78, 5) is 23.3. The molecule has 1 fully saturated rings. The second-order valence-corrected chi connectivity index (χ2v) is 6.25. The minimum Gasteiger partial charge on any atom is -0.356 e. The molecule has 0 spiro atoms. The Bertz CT molecular complexity index is 726. The van der Waals surface area contributed by atoms with Gasteiger partial charge in [0.1, 0.15) is 5.82 Å². The summed E-state index contributed by atoms with van der Waals surface area (Å²) in [6.45, 7) is 8.15. The van der Waals surface area contributed by atoms with Gasteiger partial charge >= 0.3 is 0 Å². The van der Waals surface area contributed by atoms with Crippen LogP contribution in [0.1, 0.15) is 31.2 Å². The molecule has 24 heavy (non-hydrogen) atoms. The number of amides is 1. The van der Waals surface area contributed by atoms with Crippen LogP contribution < -0.4 is 10.2 Å². The van der Waals surface area contributed by atoms with Crippen LogP contribution in [0.3, 0.4) is 0 Å². The number of aryl methyl sites for hydroxylation is 2. The van der Waals surface area contributed by atoms with Gasteiger partial charge < -0.3 is 10.2 Å². The Hall–Kier alpha value is -2.44. The molecule has 7 heteroatoms. The molecule has 1 N–H and O–H groups in total. The van der Waals surface area contributed by atoms with Gasteiger partial charge in [-0.1, -0.05) is 0 Å². The third-order valence-electron chi connectivity index (χ3n) is 4.30. The van der Waals surface area contributed by atoms with E-state index in [4.69, 9.17) is 4.98 Å². The zero-order chi connectivity index (χ0) is 17.1. The average molecular weight is 328 g/mol. The number of anilines is 1. The van der Waals surface area contributed by atoms with Crippen molar-refractivity contribution < 1.29 is 4.79 Å². The van der Waals surface area contributed by atoms with Gasteiger partial charge in [-0.25, -0.2) is 9.67 Å². The zero-order valence-corrected chi connectivity index (χ0v) is 14.5. The van der Waals surface area contributed by atoms with Crippen molar-refractivity contribution in [3.63, 3.8) is 0 Å². The van der Waals surface area contributed by atoms with Crippen LogP contribution in [0.4, 0.5) is 5.82 Å². The summed E-state index contributed by atoms with van der Waals surface area (Å²) in [5, 5.41) is 7.38. The van der Waals surface area contributed by atoms with Gasteiger partial charge in [-0.05, 0) is 39.7 Å². The summed E-state index contributed by atoms with van der Waals surface area (Å²) in [6, 6.07) is 2.01. The highest BCUT2D eigenvalue weighted by Crippen LogP contribution is 2.22. The number of hydrogen-bond donors (Lipinski definition) is 1. The summed E-state index contributed by atoms with van der Waals surface area (Å²) in [5.74, 6) is 1.65. The summed E-state index contributed by atoms with van der Waals surface area (Å²) in [6.07, 6.45) is 5.38. The molecule has 7 nitrogen and oxygen atoms in total. The molecule has 3 heterocycles. The fourth-order valence-electron chi connectivity index (χ4n) is 3.18. The molecule has 0 aliphatic carbocycles. The number of aromatic nitrogens is 4. The standard InChI is InChI=1S/C17H24N6O/c1-4-19-17(24)14-6-5-7-22(11-14)15-9-18-10-16(20-15)23-13(3)8-12(2)21-23/h8-10,14H,4-7,11H2,1-3H3,(H,19,24). The van der Waals surface area contributed by atoms with E-state index in [2.05, 4.69) is 20.3 Å². The van der Waals surface area contributed by atoms with E-state index in [-0.39, 0.29) is 11.8 Å². The Labute approximate surface area is 142 Å². The van der Waals surface area contributed by atoms with Crippen LogP contribution in [0.25, 0.3) is 5.82 Å². The molecule has 1 saturated heterocycles. The van der Waals surface area contributed by atoms with Crippen molar-refractivity contribution in [1.29, 1.82) is 0 Å². The number of rotatable bonds is 4. The first-order valence-corrected chi connectivity index (χ1v) is 8.47. The van der Waals surface area contributed by atoms with Gasteiger partial charge in [0.25, 0.3) is 0 Å². The predicted molar refractivity (Wildman–Crippen MR) is 92.2 cm³/mol. The van der Waals surface area contributed by atoms with Crippen molar-refractivity contribution in [3.05, 3.63) is 29.8 Å². The van der Waals surface area contributed by atoms with Gasteiger partial charge in [0.05, 0.1) is 24.0 Å². The van der Waals surface area contributed by atoms with E-state index in [1.54, 1.807) is 17.1 Å². The van der Waals surface area contributed by atoms with E-state index < -0.39 is 0 Å². The maximum atomic E-state index is 12.1. The van der Waals surface area contributed by atoms with Crippen LogP contribution >= 0.6 is 0 Å². The lowest BCUT2D eigenvalue weighted by molar-refractivity contribution is -0.125. The number of carbonyl (C=O) groups excluding carboxylic acids is 1. The lowest BCUT2D eigenvalue weighted by atomic mass is 9.97. The summed E-state index contributed by atoms with van der Waals surface area (Å²) < 4.78 is 1.80. The van der Waals surface area contributed by atoms with E-state index in [0.29, 0.717) is 18.9 Å². The van der Waals surface area contributed by atoms with Gasteiger partial charge in [-0.3, -0.25) is 9.78 Å². The Morgan fingerprint density at radius 3 is 2.83 bits per heavy atom. The van der Waals surface area contributed by atoms with Crippen LogP contribution in [0.2, 0.25) is 0 Å². The minimum atomic E-state index is 0.0119. The average Bonchev–Trinajstić information content (AvgIpc) is 2.94. The fraction of sp³-hybridized carbons (Fsp3) is 0.529. The van der Waals surface area contributed by atoms with Gasteiger partial charge in [-0.15, -0.1) is 0 Å². The number of nitrogens with one attached hydrogen (secondary N) is 1. The van der Waals surface area contributed by atoms with Gasteiger partial charge in [-0.2, -0.15) is 5.10 Å². The van der Waals surface area contributed by atoms with Crippen molar-refractivity contribution in [2.24, 2.45) is 5.92 Å². The lowest BCUT2D eigenvalue weighted by Gasteiger charge is -2.32. The molecule has 1 aliphatic rings. The molecule has 0 saturated carbocycles. The van der Waals surface area contributed by atoms with Crippen molar-refractivity contribution >= 4 is 11.7 Å². The molecule has 1 aliphatic heterocycles. The SMILES string of the molecule is CCNC(=O)C1CCCN(c2cncc(-n3nc(C)cc3C)n2)C1. The van der Waals surface area contributed by atoms with Gasteiger partial charge in [0.2, 0.25) is 5.91 Å². The van der Waals surface area contributed by atoms with Crippen molar-refractivity contribution in [3.8, 4) is 5.82 Å². The number of hydrogen-bond acceptors (Lipinski definition) is 5. The second-order valence-electron chi connectivity index (χ2n) is 6.25. The quantitative estimate of drug-likeness (QED) is 0.923. The molecular weight excluding hydrogens is 304 g/mol. The lowest BCUT2D eigenvalue weighted by Crippen LogP contribution is -2.43. The molecule has 1 unspecified atom stereocenters. The van der Waals surface area contributed by atoms with E-state index >= 15 is 0 Å². The predicted octanol–water partition coefficient (Wildman–Crippen LogP) is 1.63. The molecule has 0 radical (unpaired) electrons. The second kappa shape index (κ2) is 6.98. The van der Waals surface area contributed by atoms with Crippen molar-refractivity contribution in [2.45, 2.75) is 33.6 Å². The summed E-state index contributed by atoms with van der Waals surface area (Å²) in [5.41, 5.74) is 1.98. The third kappa shape index (κ3) is 3.39. The maximum absolute atomic E-state index is 12.1. The number of carbonyl (C=O) groups is 1. The molecule has 0 aromatic carbocycles. The first-order valence-electron chi connectivity index (χ1n) is 8.47. The van der Waals surface area contributed by atoms with Crippen LogP contribution in [0.15, 0.2) is 18.5 Å². The Morgan fingerprint density at radius 1 is 1.33 bits per heavy atom. The maximum Gasteiger partial charge on any atom is 0.224 e. The molecule has 2 aromatic rings. The topological polar surface area (TPSA) is 75.9 Å². The molecule has 1 atom stereocenters. The largest absolute Gasteiger partial charge is 0.356 e. The third-order valence-corrected chi connectivity index (χ3v) is 4.30. The summed E-state index contributed by atoms with van der Waals surface area (Å²) in [7, 11) is 0. The molecule has 128 valence electrons. The van der Waals surface area contributed by atoms with Crippen LogP contribution in [-0.2, 0) is 4.79 Å². The van der Waals surface area contributed by atoms with E-state index in [9.17, 15) is 4.79 Å². The van der Waals surface area contributed by atoms with Crippen molar-refractivity contribution in [2.75, 3.05) is 24.5 Å².